The molecular weight excluding hydrogens is 200 g/mol. The third kappa shape index (κ3) is 3.49. The van der Waals surface area contributed by atoms with Crippen LogP contribution in [0.5, 0.6) is 0 Å². The van der Waals surface area contributed by atoms with Gasteiger partial charge in [0.15, 0.2) is 0 Å². The average Bonchev–Trinajstić information content (AvgIpc) is 2.61. The number of nitrogens with one attached hydrogen (secondary N) is 2. The molecule has 0 spiro atoms. The zero-order valence-corrected chi connectivity index (χ0v) is 8.33. The lowest BCUT2D eigenvalue weighted by molar-refractivity contribution is -0.126. The van der Waals surface area contributed by atoms with Crippen LogP contribution < -0.4 is 10.6 Å². The highest BCUT2D eigenvalue weighted by Crippen LogP contribution is 2.07. The van der Waals surface area contributed by atoms with Gasteiger partial charge in [-0.25, -0.2) is 0 Å². The van der Waals surface area contributed by atoms with Crippen LogP contribution >= 0.6 is 0 Å². The first-order chi connectivity index (χ1) is 6.99. The molecule has 2 aliphatic rings. The Kier molecular flexibility index (Phi) is 3.54. The van der Waals surface area contributed by atoms with Gasteiger partial charge < -0.3 is 0 Å². The van der Waals surface area contributed by atoms with E-state index in [1.165, 1.54) is 0 Å². The Hall–Kier alpha value is -1.72. The summed E-state index contributed by atoms with van der Waals surface area (Å²) < 4.78 is 0. The number of hydrogen-bond acceptors (Lipinski definition) is 4. The van der Waals surface area contributed by atoms with E-state index in [2.05, 4.69) is 10.6 Å². The first kappa shape index (κ1) is 11.4. The quantitative estimate of drug-likeness (QED) is 0.508. The SMILES string of the molecule is CC1CC(=O)NC1=O.O=C1CCC(=O)N1. The maximum absolute atomic E-state index is 10.5. The molecule has 2 N–H and O–H groups in total. The van der Waals surface area contributed by atoms with Crippen LogP contribution in [-0.4, -0.2) is 23.6 Å². The molecule has 1 unspecified atom stereocenters. The predicted octanol–water partition coefficient (Wildman–Crippen LogP) is -0.908. The Labute approximate surface area is 86.4 Å². The highest BCUT2D eigenvalue weighted by Gasteiger charge is 2.25. The molecule has 1 atom stereocenters. The first-order valence-corrected chi connectivity index (χ1v) is 4.65. The molecule has 6 heteroatoms. The van der Waals surface area contributed by atoms with Crippen molar-refractivity contribution in [1.29, 1.82) is 0 Å². The van der Waals surface area contributed by atoms with Crippen LogP contribution in [0.2, 0.25) is 0 Å². The van der Waals surface area contributed by atoms with E-state index < -0.39 is 0 Å². The standard InChI is InChI=1S/C5H7NO2.C4H5NO2/c1-3-2-4(7)6-5(3)8;6-3-1-2-4(7)5-3/h3H,2H2,1H3,(H,6,7,8);1-2H2,(H,5,6,7). The molecule has 0 aromatic rings. The molecule has 0 aromatic carbocycles. The molecule has 2 aliphatic heterocycles. The molecular formula is C9H12N2O4. The fourth-order valence-electron chi connectivity index (χ4n) is 1.19. The summed E-state index contributed by atoms with van der Waals surface area (Å²) in [4.78, 5) is 41.0. The predicted molar refractivity (Wildman–Crippen MR) is 49.3 cm³/mol. The van der Waals surface area contributed by atoms with Gasteiger partial charge in [-0.2, -0.15) is 0 Å². The van der Waals surface area contributed by atoms with E-state index in [9.17, 15) is 19.2 Å². The van der Waals surface area contributed by atoms with Crippen LogP contribution in [0.4, 0.5) is 0 Å². The van der Waals surface area contributed by atoms with Crippen molar-refractivity contribution in [1.82, 2.24) is 10.6 Å². The largest absolute Gasteiger partial charge is 0.296 e. The van der Waals surface area contributed by atoms with Gasteiger partial charge in [0.2, 0.25) is 23.6 Å². The van der Waals surface area contributed by atoms with Crippen molar-refractivity contribution in [3.63, 3.8) is 0 Å². The second-order valence-corrected chi connectivity index (χ2v) is 3.49. The van der Waals surface area contributed by atoms with E-state index in [1.807, 2.05) is 0 Å². The Bertz CT molecular complexity index is 310. The molecule has 4 amide bonds. The molecule has 0 saturated carbocycles. The second kappa shape index (κ2) is 4.68. The topological polar surface area (TPSA) is 92.3 Å². The third-order valence-corrected chi connectivity index (χ3v) is 2.06. The summed E-state index contributed by atoms with van der Waals surface area (Å²) in [5.41, 5.74) is 0. The molecule has 0 radical (unpaired) electrons. The molecule has 2 heterocycles. The van der Waals surface area contributed by atoms with Crippen molar-refractivity contribution in [2.75, 3.05) is 0 Å². The maximum atomic E-state index is 10.5. The van der Waals surface area contributed by atoms with Crippen molar-refractivity contribution in [2.45, 2.75) is 26.2 Å². The third-order valence-electron chi connectivity index (χ3n) is 2.06. The van der Waals surface area contributed by atoms with E-state index in [0.29, 0.717) is 19.3 Å². The van der Waals surface area contributed by atoms with Crippen molar-refractivity contribution < 1.29 is 19.2 Å². The van der Waals surface area contributed by atoms with Crippen molar-refractivity contribution >= 4 is 23.6 Å². The van der Waals surface area contributed by atoms with Crippen LogP contribution in [0.25, 0.3) is 0 Å². The minimum Gasteiger partial charge on any atom is -0.296 e. The summed E-state index contributed by atoms with van der Waals surface area (Å²) >= 11 is 0. The minimum absolute atomic E-state index is 0.109. The van der Waals surface area contributed by atoms with Gasteiger partial charge in [-0.05, 0) is 0 Å². The number of imide groups is 2. The summed E-state index contributed by atoms with van der Waals surface area (Å²) in [6, 6.07) is 0. The summed E-state index contributed by atoms with van der Waals surface area (Å²) in [7, 11) is 0. The lowest BCUT2D eigenvalue weighted by atomic mass is 10.1. The van der Waals surface area contributed by atoms with Crippen molar-refractivity contribution in [3.05, 3.63) is 0 Å². The lowest BCUT2D eigenvalue weighted by Crippen LogP contribution is -2.20. The molecule has 2 rings (SSSR count). The monoisotopic (exact) mass is 212 g/mol. The van der Waals surface area contributed by atoms with Crippen LogP contribution in [0.1, 0.15) is 26.2 Å². The van der Waals surface area contributed by atoms with Gasteiger partial charge in [0.25, 0.3) is 0 Å². The first-order valence-electron chi connectivity index (χ1n) is 4.65. The van der Waals surface area contributed by atoms with E-state index >= 15 is 0 Å². The van der Waals surface area contributed by atoms with E-state index in [1.54, 1.807) is 6.92 Å². The smallest absolute Gasteiger partial charge is 0.229 e. The Morgan fingerprint density at radius 3 is 1.60 bits per heavy atom. The van der Waals surface area contributed by atoms with Crippen LogP contribution in [0.15, 0.2) is 0 Å². The van der Waals surface area contributed by atoms with Crippen LogP contribution in [0.3, 0.4) is 0 Å². The Morgan fingerprint density at radius 2 is 1.47 bits per heavy atom. The fourth-order valence-corrected chi connectivity index (χ4v) is 1.19. The molecule has 0 aromatic heterocycles. The highest BCUT2D eigenvalue weighted by molar-refractivity contribution is 6.03. The van der Waals surface area contributed by atoms with Crippen LogP contribution in [0, 0.1) is 5.92 Å². The van der Waals surface area contributed by atoms with Gasteiger partial charge in [0, 0.05) is 25.2 Å². The lowest BCUT2D eigenvalue weighted by Gasteiger charge is -1.88. The summed E-state index contributed by atoms with van der Waals surface area (Å²) in [5, 5.41) is 4.33. The summed E-state index contributed by atoms with van der Waals surface area (Å²) in [6.45, 7) is 1.74. The zero-order valence-electron chi connectivity index (χ0n) is 8.33. The molecule has 2 saturated heterocycles. The molecule has 15 heavy (non-hydrogen) atoms. The van der Waals surface area contributed by atoms with Gasteiger partial charge >= 0.3 is 0 Å². The van der Waals surface area contributed by atoms with Gasteiger partial charge in [-0.1, -0.05) is 6.92 Å². The Balaban J connectivity index is 0.000000151. The van der Waals surface area contributed by atoms with Gasteiger partial charge in [0.05, 0.1) is 0 Å². The fraction of sp³-hybridized carbons (Fsp3) is 0.556. The van der Waals surface area contributed by atoms with Gasteiger partial charge in [-0.3, -0.25) is 29.8 Å². The van der Waals surface area contributed by atoms with E-state index in [-0.39, 0.29) is 29.5 Å². The second-order valence-electron chi connectivity index (χ2n) is 3.49. The zero-order chi connectivity index (χ0) is 11.4. The number of carbonyl (C=O) groups excluding carboxylic acids is 4. The maximum Gasteiger partial charge on any atom is 0.229 e. The molecule has 0 bridgehead atoms. The molecule has 2 fully saturated rings. The summed E-state index contributed by atoms with van der Waals surface area (Å²) in [5.74, 6) is -0.699. The highest BCUT2D eigenvalue weighted by atomic mass is 16.2. The summed E-state index contributed by atoms with van der Waals surface area (Å²) in [6.07, 6.45) is 1.11. The van der Waals surface area contributed by atoms with Crippen molar-refractivity contribution in [3.8, 4) is 0 Å². The average molecular weight is 212 g/mol. The number of rotatable bonds is 0. The number of carbonyl (C=O) groups is 4. The van der Waals surface area contributed by atoms with Crippen LogP contribution in [-0.2, 0) is 19.2 Å². The minimum atomic E-state index is -0.150. The molecule has 82 valence electrons. The van der Waals surface area contributed by atoms with Crippen molar-refractivity contribution in [2.24, 2.45) is 5.92 Å². The molecule has 6 nitrogen and oxygen atoms in total. The normalized spacial score (nSPS) is 24.5. The van der Waals surface area contributed by atoms with Gasteiger partial charge in [0.1, 0.15) is 0 Å². The number of amides is 4. The Morgan fingerprint density at radius 1 is 0.933 bits per heavy atom. The van der Waals surface area contributed by atoms with Gasteiger partial charge in [-0.15, -0.1) is 0 Å². The molecule has 0 aliphatic carbocycles. The van der Waals surface area contributed by atoms with E-state index in [0.717, 1.165) is 0 Å². The van der Waals surface area contributed by atoms with E-state index in [4.69, 9.17) is 0 Å². The number of hydrogen-bond donors (Lipinski definition) is 2.